The fourth-order valence-electron chi connectivity index (χ4n) is 3.42. The third kappa shape index (κ3) is 2.99. The van der Waals surface area contributed by atoms with Gasteiger partial charge in [-0.25, -0.2) is 24.3 Å². The van der Waals surface area contributed by atoms with E-state index in [1.54, 1.807) is 24.2 Å². The van der Waals surface area contributed by atoms with Gasteiger partial charge in [-0.05, 0) is 31.5 Å². The van der Waals surface area contributed by atoms with Crippen molar-refractivity contribution in [2.45, 2.75) is 19.4 Å². The van der Waals surface area contributed by atoms with Crippen LogP contribution in [0.2, 0.25) is 0 Å². The van der Waals surface area contributed by atoms with E-state index in [0.29, 0.717) is 17.0 Å². The zero-order valence-electron chi connectivity index (χ0n) is 15.1. The molecular weight excluding hydrogens is 375 g/mol. The summed E-state index contributed by atoms with van der Waals surface area (Å²) in [6.45, 7) is 2.07. The Kier molecular flexibility index (Phi) is 4.20. The molecule has 6 nitrogen and oxygen atoms in total. The van der Waals surface area contributed by atoms with Gasteiger partial charge in [0.15, 0.2) is 11.5 Å². The lowest BCUT2D eigenvalue weighted by atomic mass is 10.0. The summed E-state index contributed by atoms with van der Waals surface area (Å²) in [5.41, 5.74) is 3.99. The minimum Gasteiger partial charge on any atom is -0.362 e. The molecule has 0 saturated heterocycles. The normalized spacial score (nSPS) is 15.1. The number of hydrogen-bond donors (Lipinski definition) is 2. The molecule has 0 aliphatic carbocycles. The molecule has 1 aliphatic rings. The maximum atomic E-state index is 13.7. The third-order valence-corrected chi connectivity index (χ3v) is 5.90. The quantitative estimate of drug-likeness (QED) is 0.524. The number of nitrogens with one attached hydrogen (secondary N) is 2. The number of imidazole rings is 1. The van der Waals surface area contributed by atoms with Crippen LogP contribution in [0.5, 0.6) is 0 Å². The van der Waals surface area contributed by atoms with Crippen molar-refractivity contribution in [3.8, 4) is 0 Å². The highest BCUT2D eigenvalue weighted by atomic mass is 32.2. The standard InChI is InChI=1S/C20H17FN6S/c1-11(26-20-18-19(23-9-22-18)24-10-25-20)14-7-12-4-5-13(21)8-15(12)27-17(14)16-3-2-6-28-16/h3-5,7-11H,2,6H2,1H3,(H2,22,23,24,25,26)/t11-/m0/s1. The second-order valence-electron chi connectivity index (χ2n) is 6.66. The number of aromatic nitrogens is 5. The molecule has 1 aliphatic heterocycles. The van der Waals surface area contributed by atoms with Crippen molar-refractivity contribution in [1.29, 1.82) is 0 Å². The topological polar surface area (TPSA) is 79.4 Å². The van der Waals surface area contributed by atoms with Gasteiger partial charge < -0.3 is 10.3 Å². The van der Waals surface area contributed by atoms with E-state index in [0.717, 1.165) is 39.2 Å². The highest BCUT2D eigenvalue weighted by Gasteiger charge is 2.20. The Bertz CT molecular complexity index is 1220. The predicted octanol–water partition coefficient (Wildman–Crippen LogP) is 4.69. The monoisotopic (exact) mass is 392 g/mol. The molecule has 0 amide bonds. The zero-order valence-corrected chi connectivity index (χ0v) is 15.9. The molecule has 1 atom stereocenters. The number of H-pyrrole nitrogens is 1. The van der Waals surface area contributed by atoms with E-state index < -0.39 is 0 Å². The Labute approximate surface area is 164 Å². The molecular formula is C20H17FN6S. The van der Waals surface area contributed by atoms with Gasteiger partial charge in [0.05, 0.1) is 23.6 Å². The molecule has 140 valence electrons. The summed E-state index contributed by atoms with van der Waals surface area (Å²) in [5, 5.41) is 4.36. The van der Waals surface area contributed by atoms with Crippen molar-refractivity contribution in [3.05, 3.63) is 60.1 Å². The van der Waals surface area contributed by atoms with E-state index in [4.69, 9.17) is 4.98 Å². The summed E-state index contributed by atoms with van der Waals surface area (Å²) < 4.78 is 13.7. The fraction of sp³-hybridized carbons (Fsp3) is 0.200. The largest absolute Gasteiger partial charge is 0.362 e. The van der Waals surface area contributed by atoms with Crippen LogP contribution in [-0.2, 0) is 0 Å². The molecule has 0 bridgehead atoms. The predicted molar refractivity (Wildman–Crippen MR) is 110 cm³/mol. The minimum atomic E-state index is -0.277. The molecule has 0 unspecified atom stereocenters. The molecule has 0 spiro atoms. The van der Waals surface area contributed by atoms with E-state index in [2.05, 4.69) is 44.3 Å². The molecule has 8 heteroatoms. The lowest BCUT2D eigenvalue weighted by Crippen LogP contribution is -2.12. The molecule has 4 aromatic rings. The van der Waals surface area contributed by atoms with Crippen molar-refractivity contribution in [2.24, 2.45) is 0 Å². The number of pyridine rings is 1. The van der Waals surface area contributed by atoms with Crippen LogP contribution >= 0.6 is 11.8 Å². The van der Waals surface area contributed by atoms with Gasteiger partial charge in [-0.15, -0.1) is 11.8 Å². The van der Waals surface area contributed by atoms with E-state index in [9.17, 15) is 4.39 Å². The number of allylic oxidation sites excluding steroid dienone is 1. The number of thioether (sulfide) groups is 1. The summed E-state index contributed by atoms with van der Waals surface area (Å²) in [6, 6.07) is 6.74. The number of rotatable bonds is 4. The van der Waals surface area contributed by atoms with Crippen LogP contribution in [0.1, 0.15) is 30.6 Å². The van der Waals surface area contributed by atoms with Gasteiger partial charge in [0.2, 0.25) is 0 Å². The van der Waals surface area contributed by atoms with E-state index in [1.807, 2.05) is 0 Å². The zero-order chi connectivity index (χ0) is 19.1. The average Bonchev–Trinajstić information content (AvgIpc) is 3.39. The number of benzene rings is 1. The minimum absolute atomic E-state index is 0.0690. The fourth-order valence-corrected chi connectivity index (χ4v) is 4.42. The lowest BCUT2D eigenvalue weighted by Gasteiger charge is -2.19. The summed E-state index contributed by atoms with van der Waals surface area (Å²) in [4.78, 5) is 21.7. The van der Waals surface area contributed by atoms with Crippen molar-refractivity contribution >= 4 is 44.6 Å². The maximum absolute atomic E-state index is 13.7. The summed E-state index contributed by atoms with van der Waals surface area (Å²) in [7, 11) is 0. The van der Waals surface area contributed by atoms with Gasteiger partial charge in [-0.3, -0.25) is 0 Å². The van der Waals surface area contributed by atoms with E-state index in [1.165, 1.54) is 18.5 Å². The van der Waals surface area contributed by atoms with Crippen molar-refractivity contribution in [2.75, 3.05) is 11.1 Å². The molecule has 0 saturated carbocycles. The van der Waals surface area contributed by atoms with Crippen molar-refractivity contribution in [3.63, 3.8) is 0 Å². The molecule has 5 rings (SSSR count). The van der Waals surface area contributed by atoms with E-state index >= 15 is 0 Å². The Morgan fingerprint density at radius 1 is 1.21 bits per heavy atom. The molecule has 3 aromatic heterocycles. The molecule has 28 heavy (non-hydrogen) atoms. The summed E-state index contributed by atoms with van der Waals surface area (Å²) in [5.74, 6) is 1.45. The Morgan fingerprint density at radius 2 is 2.14 bits per heavy atom. The highest BCUT2D eigenvalue weighted by molar-refractivity contribution is 8.08. The van der Waals surface area contributed by atoms with Gasteiger partial charge in [-0.1, -0.05) is 6.08 Å². The third-order valence-electron chi connectivity index (χ3n) is 4.79. The van der Waals surface area contributed by atoms with Crippen LogP contribution in [0.25, 0.3) is 27.0 Å². The molecule has 1 aromatic carbocycles. The second kappa shape index (κ2) is 6.87. The first-order valence-corrected chi connectivity index (χ1v) is 10.0. The molecule has 0 radical (unpaired) electrons. The highest BCUT2D eigenvalue weighted by Crippen LogP contribution is 2.38. The molecule has 4 heterocycles. The average molecular weight is 392 g/mol. The van der Waals surface area contributed by atoms with Gasteiger partial charge in [0.25, 0.3) is 0 Å². The van der Waals surface area contributed by atoms with Crippen LogP contribution in [0.4, 0.5) is 10.2 Å². The number of fused-ring (bicyclic) bond motifs is 2. The lowest BCUT2D eigenvalue weighted by molar-refractivity contribution is 0.629. The molecule has 2 N–H and O–H groups in total. The summed E-state index contributed by atoms with van der Waals surface area (Å²) >= 11 is 1.79. The van der Waals surface area contributed by atoms with Crippen molar-refractivity contribution in [1.82, 2.24) is 24.9 Å². The molecule has 0 fully saturated rings. The second-order valence-corrected chi connectivity index (χ2v) is 7.79. The number of halogens is 1. The Hall–Kier alpha value is -3.00. The van der Waals surface area contributed by atoms with Crippen LogP contribution in [-0.4, -0.2) is 30.7 Å². The van der Waals surface area contributed by atoms with Gasteiger partial charge in [-0.2, -0.15) is 0 Å². The Morgan fingerprint density at radius 3 is 3.00 bits per heavy atom. The Balaban J connectivity index is 1.61. The van der Waals surface area contributed by atoms with Gasteiger partial charge in [0, 0.05) is 27.7 Å². The van der Waals surface area contributed by atoms with Gasteiger partial charge in [0.1, 0.15) is 17.7 Å². The maximum Gasteiger partial charge on any atom is 0.182 e. The first-order valence-electron chi connectivity index (χ1n) is 9.03. The van der Waals surface area contributed by atoms with Crippen LogP contribution in [0.15, 0.2) is 43.0 Å². The van der Waals surface area contributed by atoms with Gasteiger partial charge >= 0.3 is 0 Å². The summed E-state index contributed by atoms with van der Waals surface area (Å²) in [6.07, 6.45) is 6.32. The first-order chi connectivity index (χ1) is 13.7. The smallest absolute Gasteiger partial charge is 0.182 e. The van der Waals surface area contributed by atoms with Crippen LogP contribution in [0, 0.1) is 5.82 Å². The van der Waals surface area contributed by atoms with E-state index in [-0.39, 0.29) is 11.9 Å². The number of nitrogens with zero attached hydrogens (tertiary/aromatic N) is 4. The number of hydrogen-bond acceptors (Lipinski definition) is 6. The van der Waals surface area contributed by atoms with Crippen LogP contribution in [0.3, 0.4) is 0 Å². The number of aromatic amines is 1. The van der Waals surface area contributed by atoms with Crippen molar-refractivity contribution < 1.29 is 4.39 Å². The van der Waals surface area contributed by atoms with Crippen LogP contribution < -0.4 is 5.32 Å². The SMILES string of the molecule is C[C@H](Nc1ncnc2nc[nH]c12)c1cc2ccc(F)cc2nc1C1=CCCS1. The first kappa shape index (κ1) is 17.1. The number of anilines is 1.